The van der Waals surface area contributed by atoms with E-state index in [-0.39, 0.29) is 23.3 Å². The van der Waals surface area contributed by atoms with Crippen LogP contribution in [0.5, 0.6) is 23.0 Å². The summed E-state index contributed by atoms with van der Waals surface area (Å²) in [6, 6.07) is 20.6. The Hall–Kier alpha value is -3.14. The molecular weight excluding hydrogens is 328 g/mol. The fourth-order valence-electron chi connectivity index (χ4n) is 3.65. The van der Waals surface area contributed by atoms with Crippen LogP contribution in [-0.2, 0) is 0 Å². The molecule has 2 unspecified atom stereocenters. The number of hydrogen-bond donors (Lipinski definition) is 2. The van der Waals surface area contributed by atoms with Gasteiger partial charge in [-0.2, -0.15) is 0 Å². The molecule has 3 aromatic carbocycles. The molecule has 0 radical (unpaired) electrons. The largest absolute Gasteiger partial charge is 0.508 e. The second kappa shape index (κ2) is 6.64. The lowest BCUT2D eigenvalue weighted by molar-refractivity contribution is 0.247. The van der Waals surface area contributed by atoms with Crippen LogP contribution in [0.4, 0.5) is 0 Å². The van der Waals surface area contributed by atoms with Crippen LogP contribution in [0.25, 0.3) is 0 Å². The van der Waals surface area contributed by atoms with E-state index in [0.29, 0.717) is 12.4 Å². The van der Waals surface area contributed by atoms with E-state index in [0.717, 1.165) is 22.4 Å². The van der Waals surface area contributed by atoms with Crippen LogP contribution in [-0.4, -0.2) is 23.9 Å². The SMILES string of the molecule is COc1cccc(C2c3ccc(O)cc3OCC2c2ccc(O)cc2)c1. The van der Waals surface area contributed by atoms with Crippen LogP contribution in [0, 0.1) is 0 Å². The van der Waals surface area contributed by atoms with Gasteiger partial charge in [-0.3, -0.25) is 0 Å². The van der Waals surface area contributed by atoms with Crippen LogP contribution in [0.2, 0.25) is 0 Å². The van der Waals surface area contributed by atoms with Crippen LogP contribution >= 0.6 is 0 Å². The lowest BCUT2D eigenvalue weighted by atomic mass is 9.76. The molecule has 2 N–H and O–H groups in total. The molecule has 0 saturated carbocycles. The van der Waals surface area contributed by atoms with Crippen molar-refractivity contribution in [2.24, 2.45) is 0 Å². The number of aromatic hydroxyl groups is 2. The molecule has 2 atom stereocenters. The van der Waals surface area contributed by atoms with Crippen molar-refractivity contribution >= 4 is 0 Å². The fourth-order valence-corrected chi connectivity index (χ4v) is 3.65. The highest BCUT2D eigenvalue weighted by Crippen LogP contribution is 2.47. The summed E-state index contributed by atoms with van der Waals surface area (Å²) in [4.78, 5) is 0. The van der Waals surface area contributed by atoms with E-state index >= 15 is 0 Å². The van der Waals surface area contributed by atoms with Gasteiger partial charge in [-0.05, 0) is 41.5 Å². The molecule has 0 bridgehead atoms. The minimum absolute atomic E-state index is 0.0546. The molecule has 4 heteroatoms. The number of rotatable bonds is 3. The Labute approximate surface area is 152 Å². The van der Waals surface area contributed by atoms with E-state index < -0.39 is 0 Å². The Morgan fingerprint density at radius 2 is 1.65 bits per heavy atom. The van der Waals surface area contributed by atoms with Crippen molar-refractivity contribution in [1.29, 1.82) is 0 Å². The normalized spacial score (nSPS) is 18.7. The molecule has 4 nitrogen and oxygen atoms in total. The highest BCUT2D eigenvalue weighted by atomic mass is 16.5. The molecule has 3 aromatic rings. The van der Waals surface area contributed by atoms with Gasteiger partial charge < -0.3 is 19.7 Å². The summed E-state index contributed by atoms with van der Waals surface area (Å²) in [5, 5.41) is 19.4. The minimum Gasteiger partial charge on any atom is -0.508 e. The van der Waals surface area contributed by atoms with Crippen molar-refractivity contribution in [3.8, 4) is 23.0 Å². The Bertz CT molecular complexity index is 918. The third kappa shape index (κ3) is 2.94. The first kappa shape index (κ1) is 16.3. The summed E-state index contributed by atoms with van der Waals surface area (Å²) in [7, 11) is 1.66. The van der Waals surface area contributed by atoms with Gasteiger partial charge in [0, 0.05) is 23.5 Å². The van der Waals surface area contributed by atoms with E-state index in [4.69, 9.17) is 9.47 Å². The molecule has 0 saturated heterocycles. The average Bonchev–Trinajstić information content (AvgIpc) is 2.67. The van der Waals surface area contributed by atoms with E-state index in [1.54, 1.807) is 31.4 Å². The molecule has 1 aliphatic rings. The monoisotopic (exact) mass is 348 g/mol. The van der Waals surface area contributed by atoms with Crippen molar-refractivity contribution in [3.05, 3.63) is 83.4 Å². The first-order valence-electron chi connectivity index (χ1n) is 8.54. The van der Waals surface area contributed by atoms with Gasteiger partial charge in [0.2, 0.25) is 0 Å². The van der Waals surface area contributed by atoms with Crippen molar-refractivity contribution in [1.82, 2.24) is 0 Å². The highest BCUT2D eigenvalue weighted by molar-refractivity contribution is 5.51. The Morgan fingerprint density at radius 1 is 0.885 bits per heavy atom. The standard InChI is InChI=1S/C22H20O4/c1-25-18-4-2-3-15(11-18)22-19-10-9-17(24)12-21(19)26-13-20(22)14-5-7-16(23)8-6-14/h2-12,20,22-24H,13H2,1H3. The molecule has 0 fully saturated rings. The van der Waals surface area contributed by atoms with Gasteiger partial charge in [0.05, 0.1) is 13.7 Å². The van der Waals surface area contributed by atoms with E-state index in [2.05, 4.69) is 6.07 Å². The number of ether oxygens (including phenoxy) is 2. The van der Waals surface area contributed by atoms with Crippen LogP contribution in [0.3, 0.4) is 0 Å². The summed E-state index contributed by atoms with van der Waals surface area (Å²) in [6.07, 6.45) is 0. The van der Waals surface area contributed by atoms with Gasteiger partial charge in [0.15, 0.2) is 0 Å². The topological polar surface area (TPSA) is 58.9 Å². The molecule has 4 rings (SSSR count). The number of methoxy groups -OCH3 is 1. The fraction of sp³-hybridized carbons (Fsp3) is 0.182. The van der Waals surface area contributed by atoms with Crippen molar-refractivity contribution in [2.75, 3.05) is 13.7 Å². The van der Waals surface area contributed by atoms with Gasteiger partial charge in [0.25, 0.3) is 0 Å². The van der Waals surface area contributed by atoms with E-state index in [1.807, 2.05) is 36.4 Å². The molecule has 0 spiro atoms. The molecular formula is C22H20O4. The summed E-state index contributed by atoms with van der Waals surface area (Å²) >= 11 is 0. The number of hydrogen-bond acceptors (Lipinski definition) is 4. The van der Waals surface area contributed by atoms with E-state index in [9.17, 15) is 10.2 Å². The zero-order valence-electron chi connectivity index (χ0n) is 14.4. The van der Waals surface area contributed by atoms with E-state index in [1.165, 1.54) is 0 Å². The van der Waals surface area contributed by atoms with Gasteiger partial charge in [-0.25, -0.2) is 0 Å². The maximum atomic E-state index is 9.81. The second-order valence-corrected chi connectivity index (χ2v) is 6.49. The Morgan fingerprint density at radius 3 is 2.42 bits per heavy atom. The predicted octanol–water partition coefficient (Wildman–Crippen LogP) is 4.41. The Balaban J connectivity index is 1.85. The highest BCUT2D eigenvalue weighted by Gasteiger charge is 2.33. The zero-order valence-corrected chi connectivity index (χ0v) is 14.4. The van der Waals surface area contributed by atoms with Crippen molar-refractivity contribution in [3.63, 3.8) is 0 Å². The van der Waals surface area contributed by atoms with Gasteiger partial charge in [-0.15, -0.1) is 0 Å². The lowest BCUT2D eigenvalue weighted by Crippen LogP contribution is -2.25. The zero-order chi connectivity index (χ0) is 18.1. The van der Waals surface area contributed by atoms with Gasteiger partial charge in [0.1, 0.15) is 23.0 Å². The van der Waals surface area contributed by atoms with Crippen LogP contribution in [0.1, 0.15) is 28.5 Å². The summed E-state index contributed by atoms with van der Waals surface area (Å²) in [5.74, 6) is 2.08. The molecule has 1 aliphatic heterocycles. The minimum atomic E-state index is 0.0546. The van der Waals surface area contributed by atoms with Gasteiger partial charge >= 0.3 is 0 Å². The lowest BCUT2D eigenvalue weighted by Gasteiger charge is -2.34. The summed E-state index contributed by atoms with van der Waals surface area (Å²) < 4.78 is 11.4. The van der Waals surface area contributed by atoms with Crippen LogP contribution < -0.4 is 9.47 Å². The van der Waals surface area contributed by atoms with Crippen molar-refractivity contribution in [2.45, 2.75) is 11.8 Å². The second-order valence-electron chi connectivity index (χ2n) is 6.49. The smallest absolute Gasteiger partial charge is 0.126 e. The molecule has 26 heavy (non-hydrogen) atoms. The number of fused-ring (bicyclic) bond motifs is 1. The predicted molar refractivity (Wildman–Crippen MR) is 99.3 cm³/mol. The quantitative estimate of drug-likeness (QED) is 0.736. The maximum absolute atomic E-state index is 9.81. The number of phenols is 2. The molecule has 0 amide bonds. The third-order valence-electron chi connectivity index (χ3n) is 4.93. The average molecular weight is 348 g/mol. The van der Waals surface area contributed by atoms with Gasteiger partial charge in [-0.1, -0.05) is 30.3 Å². The van der Waals surface area contributed by atoms with Crippen molar-refractivity contribution < 1.29 is 19.7 Å². The molecule has 132 valence electrons. The third-order valence-corrected chi connectivity index (χ3v) is 4.93. The number of phenolic OH excluding ortho intramolecular Hbond substituents is 2. The number of benzene rings is 3. The maximum Gasteiger partial charge on any atom is 0.126 e. The first-order valence-corrected chi connectivity index (χ1v) is 8.54. The first-order chi connectivity index (χ1) is 12.7. The summed E-state index contributed by atoms with van der Waals surface area (Å²) in [6.45, 7) is 0.489. The van der Waals surface area contributed by atoms with Crippen LogP contribution in [0.15, 0.2) is 66.7 Å². The molecule has 0 aromatic heterocycles. The Kier molecular flexibility index (Phi) is 4.17. The summed E-state index contributed by atoms with van der Waals surface area (Å²) in [5.41, 5.74) is 3.24. The molecule has 0 aliphatic carbocycles. The molecule has 1 heterocycles.